The third-order valence-electron chi connectivity index (χ3n) is 4.67. The highest BCUT2D eigenvalue weighted by Crippen LogP contribution is 2.27. The molecule has 1 unspecified atom stereocenters. The van der Waals surface area contributed by atoms with E-state index < -0.39 is 0 Å². The van der Waals surface area contributed by atoms with Gasteiger partial charge in [0.25, 0.3) is 0 Å². The lowest BCUT2D eigenvalue weighted by Gasteiger charge is -2.36. The number of rotatable bonds is 5. The predicted molar refractivity (Wildman–Crippen MR) is 106 cm³/mol. The summed E-state index contributed by atoms with van der Waals surface area (Å²) in [6, 6.07) is 10.2. The number of hydrogen-bond donors (Lipinski definition) is 2. The number of aromatic nitrogens is 2. The monoisotopic (exact) mass is 353 g/mol. The van der Waals surface area contributed by atoms with Gasteiger partial charge in [0.05, 0.1) is 0 Å². The molecule has 2 N–H and O–H groups in total. The predicted octanol–water partition coefficient (Wildman–Crippen LogP) is 4.26. The summed E-state index contributed by atoms with van der Waals surface area (Å²) in [4.78, 5) is 22.9. The van der Waals surface area contributed by atoms with Crippen LogP contribution in [0.3, 0.4) is 0 Å². The van der Waals surface area contributed by atoms with Gasteiger partial charge in [-0.05, 0) is 50.8 Å². The van der Waals surface area contributed by atoms with Gasteiger partial charge in [0.1, 0.15) is 5.82 Å². The Bertz CT molecular complexity index is 777. The zero-order valence-corrected chi connectivity index (χ0v) is 15.7. The van der Waals surface area contributed by atoms with Crippen molar-refractivity contribution in [2.45, 2.75) is 52.5 Å². The fourth-order valence-electron chi connectivity index (χ4n) is 3.49. The molecule has 0 radical (unpaired) electrons. The average molecular weight is 353 g/mol. The molecule has 6 nitrogen and oxygen atoms in total. The van der Waals surface area contributed by atoms with Crippen LogP contribution < -0.4 is 15.5 Å². The third-order valence-corrected chi connectivity index (χ3v) is 4.67. The molecule has 0 spiro atoms. The van der Waals surface area contributed by atoms with Crippen molar-refractivity contribution in [3.63, 3.8) is 0 Å². The standard InChI is InChI=1S/C20H27N5O/c1-4-18-10-5-6-11-25(18)19-12-14(2)21-20(24-19)23-17-9-7-8-16(13-17)22-15(3)26/h7-9,12-13,18H,4-6,10-11H2,1-3H3,(H,22,26)(H,21,23,24). The van der Waals surface area contributed by atoms with Crippen LogP contribution >= 0.6 is 0 Å². The molecule has 2 aromatic rings. The number of carbonyl (C=O) groups is 1. The van der Waals surface area contributed by atoms with Crippen LogP contribution in [0.4, 0.5) is 23.1 Å². The first-order valence-corrected chi connectivity index (χ1v) is 9.32. The van der Waals surface area contributed by atoms with E-state index in [1.54, 1.807) is 0 Å². The maximum absolute atomic E-state index is 11.2. The lowest BCUT2D eigenvalue weighted by molar-refractivity contribution is -0.114. The molecule has 1 aliphatic rings. The van der Waals surface area contributed by atoms with Gasteiger partial charge >= 0.3 is 0 Å². The molecule has 1 aromatic carbocycles. The van der Waals surface area contributed by atoms with E-state index in [9.17, 15) is 4.79 Å². The molecule has 0 bridgehead atoms. The second-order valence-electron chi connectivity index (χ2n) is 6.83. The number of amides is 1. The molecule has 2 heterocycles. The van der Waals surface area contributed by atoms with Crippen molar-refractivity contribution in [2.24, 2.45) is 0 Å². The number of nitrogens with one attached hydrogen (secondary N) is 2. The van der Waals surface area contributed by atoms with Crippen LogP contribution in [0.1, 0.15) is 45.2 Å². The summed E-state index contributed by atoms with van der Waals surface area (Å²) in [5.74, 6) is 1.48. The maximum atomic E-state index is 11.2. The van der Waals surface area contributed by atoms with Crippen LogP contribution in [0.15, 0.2) is 30.3 Å². The van der Waals surface area contributed by atoms with E-state index in [1.165, 1.54) is 26.2 Å². The molecule has 6 heteroatoms. The summed E-state index contributed by atoms with van der Waals surface area (Å²) < 4.78 is 0. The topological polar surface area (TPSA) is 70.2 Å². The molecule has 1 fully saturated rings. The molecule has 1 amide bonds. The Morgan fingerprint density at radius 3 is 2.81 bits per heavy atom. The van der Waals surface area contributed by atoms with E-state index in [4.69, 9.17) is 4.98 Å². The highest BCUT2D eigenvalue weighted by atomic mass is 16.1. The number of piperidine rings is 1. The van der Waals surface area contributed by atoms with E-state index >= 15 is 0 Å². The summed E-state index contributed by atoms with van der Waals surface area (Å²) >= 11 is 0. The minimum atomic E-state index is -0.0908. The minimum Gasteiger partial charge on any atom is -0.353 e. The lowest BCUT2D eigenvalue weighted by Crippen LogP contribution is -2.39. The fraction of sp³-hybridized carbons (Fsp3) is 0.450. The zero-order chi connectivity index (χ0) is 18.5. The molecular weight excluding hydrogens is 326 g/mol. The molecule has 0 saturated carbocycles. The van der Waals surface area contributed by atoms with Gasteiger partial charge < -0.3 is 15.5 Å². The Morgan fingerprint density at radius 1 is 1.23 bits per heavy atom. The Balaban J connectivity index is 1.83. The molecule has 1 aliphatic heterocycles. The average Bonchev–Trinajstić information content (AvgIpc) is 2.61. The molecule has 26 heavy (non-hydrogen) atoms. The number of aryl methyl sites for hydroxylation is 1. The highest BCUT2D eigenvalue weighted by molar-refractivity contribution is 5.89. The number of anilines is 4. The Hall–Kier alpha value is -2.63. The van der Waals surface area contributed by atoms with Crippen molar-refractivity contribution < 1.29 is 4.79 Å². The minimum absolute atomic E-state index is 0.0908. The van der Waals surface area contributed by atoms with E-state index in [-0.39, 0.29) is 5.91 Å². The van der Waals surface area contributed by atoms with Crippen LogP contribution in [-0.4, -0.2) is 28.5 Å². The lowest BCUT2D eigenvalue weighted by atomic mass is 10.00. The molecule has 1 atom stereocenters. The van der Waals surface area contributed by atoms with Crippen molar-refractivity contribution >= 4 is 29.0 Å². The zero-order valence-electron chi connectivity index (χ0n) is 15.7. The highest BCUT2D eigenvalue weighted by Gasteiger charge is 2.22. The summed E-state index contributed by atoms with van der Waals surface area (Å²) in [7, 11) is 0. The van der Waals surface area contributed by atoms with Crippen LogP contribution in [0, 0.1) is 6.92 Å². The molecule has 3 rings (SSSR count). The first-order valence-electron chi connectivity index (χ1n) is 9.32. The fourth-order valence-corrected chi connectivity index (χ4v) is 3.49. The second kappa shape index (κ2) is 8.17. The van der Waals surface area contributed by atoms with E-state index in [2.05, 4.69) is 33.5 Å². The molecule has 1 aromatic heterocycles. The van der Waals surface area contributed by atoms with Gasteiger partial charge in [-0.2, -0.15) is 4.98 Å². The molecule has 1 saturated heterocycles. The van der Waals surface area contributed by atoms with Crippen molar-refractivity contribution in [2.75, 3.05) is 22.1 Å². The normalized spacial score (nSPS) is 17.0. The summed E-state index contributed by atoms with van der Waals surface area (Å²) in [5, 5.41) is 6.06. The largest absolute Gasteiger partial charge is 0.353 e. The van der Waals surface area contributed by atoms with Crippen LogP contribution in [0.25, 0.3) is 0 Å². The van der Waals surface area contributed by atoms with Gasteiger partial charge in [-0.3, -0.25) is 4.79 Å². The molecule has 138 valence electrons. The first-order chi connectivity index (χ1) is 12.5. The van der Waals surface area contributed by atoms with Gasteiger partial charge in [-0.1, -0.05) is 13.0 Å². The van der Waals surface area contributed by atoms with Gasteiger partial charge in [0.15, 0.2) is 0 Å². The summed E-state index contributed by atoms with van der Waals surface area (Å²) in [5.41, 5.74) is 2.53. The second-order valence-corrected chi connectivity index (χ2v) is 6.83. The van der Waals surface area contributed by atoms with E-state index in [0.717, 1.165) is 35.9 Å². The summed E-state index contributed by atoms with van der Waals surface area (Å²) in [6.45, 7) is 6.78. The van der Waals surface area contributed by atoms with E-state index in [0.29, 0.717) is 12.0 Å². The SMILES string of the molecule is CCC1CCCCN1c1cc(C)nc(Nc2cccc(NC(C)=O)c2)n1. The van der Waals surface area contributed by atoms with Crippen molar-refractivity contribution in [1.82, 2.24) is 9.97 Å². The van der Waals surface area contributed by atoms with Crippen LogP contribution in [0.2, 0.25) is 0 Å². The quantitative estimate of drug-likeness (QED) is 0.841. The Morgan fingerprint density at radius 2 is 2.04 bits per heavy atom. The Kier molecular flexibility index (Phi) is 5.71. The van der Waals surface area contributed by atoms with Crippen molar-refractivity contribution in [3.8, 4) is 0 Å². The number of nitrogens with zero attached hydrogens (tertiary/aromatic N) is 3. The summed E-state index contributed by atoms with van der Waals surface area (Å²) in [6.07, 6.45) is 4.85. The molecular formula is C20H27N5O. The smallest absolute Gasteiger partial charge is 0.229 e. The maximum Gasteiger partial charge on any atom is 0.229 e. The number of hydrogen-bond acceptors (Lipinski definition) is 5. The number of benzene rings is 1. The van der Waals surface area contributed by atoms with E-state index in [1.807, 2.05) is 31.2 Å². The molecule has 0 aliphatic carbocycles. The van der Waals surface area contributed by atoms with Gasteiger partial charge in [0.2, 0.25) is 11.9 Å². The van der Waals surface area contributed by atoms with Crippen molar-refractivity contribution in [3.05, 3.63) is 36.0 Å². The van der Waals surface area contributed by atoms with Crippen molar-refractivity contribution in [1.29, 1.82) is 0 Å². The third kappa shape index (κ3) is 4.50. The van der Waals surface area contributed by atoms with Crippen LogP contribution in [-0.2, 0) is 4.79 Å². The first kappa shape index (κ1) is 18.2. The number of carbonyl (C=O) groups excluding carboxylic acids is 1. The van der Waals surface area contributed by atoms with Gasteiger partial charge in [-0.25, -0.2) is 4.98 Å². The van der Waals surface area contributed by atoms with Crippen LogP contribution in [0.5, 0.6) is 0 Å². The van der Waals surface area contributed by atoms with Gasteiger partial charge in [-0.15, -0.1) is 0 Å². The Labute approximate surface area is 155 Å². The van der Waals surface area contributed by atoms with Gasteiger partial charge in [0, 0.05) is 42.6 Å².